The summed E-state index contributed by atoms with van der Waals surface area (Å²) in [5.41, 5.74) is 5.77. The number of benzene rings is 1. The molecule has 0 radical (unpaired) electrons. The van der Waals surface area contributed by atoms with E-state index in [0.29, 0.717) is 5.92 Å². The zero-order valence-corrected chi connectivity index (χ0v) is 11.3. The predicted octanol–water partition coefficient (Wildman–Crippen LogP) is 3.11. The van der Waals surface area contributed by atoms with Gasteiger partial charge in [-0.25, -0.2) is 4.39 Å². The third kappa shape index (κ3) is 3.25. The third-order valence-corrected chi connectivity index (χ3v) is 3.99. The molecule has 0 aromatic heterocycles. The number of nitrogens with two attached hydrogens (primary N) is 1. The topological polar surface area (TPSA) is 55.1 Å². The molecule has 104 valence electrons. The fourth-order valence-electron chi connectivity index (χ4n) is 2.79. The molecule has 0 aliphatic heterocycles. The second kappa shape index (κ2) is 6.04. The Balaban J connectivity index is 2.02. The lowest BCUT2D eigenvalue weighted by atomic mass is 9.84. The summed E-state index contributed by atoms with van der Waals surface area (Å²) in [6.07, 6.45) is 5.54. The monoisotopic (exact) mass is 264 g/mol. The molecule has 2 atom stereocenters. The van der Waals surface area contributed by atoms with Crippen molar-refractivity contribution in [1.29, 1.82) is 0 Å². The highest BCUT2D eigenvalue weighted by molar-refractivity contribution is 5.99. The zero-order valence-electron chi connectivity index (χ0n) is 11.3. The molecule has 4 heteroatoms. The van der Waals surface area contributed by atoms with Gasteiger partial charge in [-0.15, -0.1) is 0 Å². The first kappa shape index (κ1) is 13.8. The SMILES string of the molecule is CCC1CCCC(NC(=O)c2cccc(F)c2N)C1. The lowest BCUT2D eigenvalue weighted by Crippen LogP contribution is -2.38. The maximum atomic E-state index is 13.3. The molecule has 3 nitrogen and oxygen atoms in total. The smallest absolute Gasteiger partial charge is 0.253 e. The summed E-state index contributed by atoms with van der Waals surface area (Å²) in [7, 11) is 0. The fourth-order valence-corrected chi connectivity index (χ4v) is 2.79. The van der Waals surface area contributed by atoms with Crippen LogP contribution in [-0.4, -0.2) is 11.9 Å². The molecule has 1 aromatic carbocycles. The van der Waals surface area contributed by atoms with E-state index in [0.717, 1.165) is 25.7 Å². The number of carbonyl (C=O) groups is 1. The van der Waals surface area contributed by atoms with E-state index in [9.17, 15) is 9.18 Å². The van der Waals surface area contributed by atoms with Crippen molar-refractivity contribution in [3.8, 4) is 0 Å². The van der Waals surface area contributed by atoms with Crippen LogP contribution in [0.5, 0.6) is 0 Å². The molecule has 1 saturated carbocycles. The number of nitrogen functional groups attached to an aromatic ring is 1. The van der Waals surface area contributed by atoms with Crippen molar-refractivity contribution < 1.29 is 9.18 Å². The van der Waals surface area contributed by atoms with Crippen molar-refractivity contribution in [3.63, 3.8) is 0 Å². The molecule has 2 rings (SSSR count). The number of amides is 1. The summed E-state index contributed by atoms with van der Waals surface area (Å²) in [6.45, 7) is 2.18. The quantitative estimate of drug-likeness (QED) is 0.824. The molecular weight excluding hydrogens is 243 g/mol. The van der Waals surface area contributed by atoms with Crippen molar-refractivity contribution in [2.24, 2.45) is 5.92 Å². The number of rotatable bonds is 3. The molecule has 19 heavy (non-hydrogen) atoms. The van der Waals surface area contributed by atoms with Gasteiger partial charge in [0.15, 0.2) is 0 Å². The van der Waals surface area contributed by atoms with Gasteiger partial charge in [0.25, 0.3) is 5.91 Å². The van der Waals surface area contributed by atoms with Crippen LogP contribution in [0.1, 0.15) is 49.4 Å². The molecule has 0 heterocycles. The molecule has 1 amide bonds. The molecule has 1 aliphatic carbocycles. The summed E-state index contributed by atoms with van der Waals surface area (Å²) in [5, 5.41) is 2.98. The first-order chi connectivity index (χ1) is 9.11. The van der Waals surface area contributed by atoms with Gasteiger partial charge in [-0.2, -0.15) is 0 Å². The van der Waals surface area contributed by atoms with Gasteiger partial charge < -0.3 is 11.1 Å². The second-order valence-corrected chi connectivity index (χ2v) is 5.31. The zero-order chi connectivity index (χ0) is 13.8. The summed E-state index contributed by atoms with van der Waals surface area (Å²) < 4.78 is 13.3. The Morgan fingerprint density at radius 3 is 3.00 bits per heavy atom. The largest absolute Gasteiger partial charge is 0.396 e. The van der Waals surface area contributed by atoms with Gasteiger partial charge in [-0.05, 0) is 30.9 Å². The van der Waals surface area contributed by atoms with Gasteiger partial charge in [-0.3, -0.25) is 4.79 Å². The average Bonchev–Trinajstić information content (AvgIpc) is 2.42. The van der Waals surface area contributed by atoms with Crippen LogP contribution in [-0.2, 0) is 0 Å². The van der Waals surface area contributed by atoms with E-state index in [1.807, 2.05) is 0 Å². The van der Waals surface area contributed by atoms with Crippen LogP contribution in [0.2, 0.25) is 0 Å². The first-order valence-electron chi connectivity index (χ1n) is 6.96. The highest BCUT2D eigenvalue weighted by Gasteiger charge is 2.23. The van der Waals surface area contributed by atoms with Gasteiger partial charge in [0.2, 0.25) is 0 Å². The van der Waals surface area contributed by atoms with Crippen LogP contribution in [0.15, 0.2) is 18.2 Å². The number of halogens is 1. The van der Waals surface area contributed by atoms with Crippen LogP contribution in [0.4, 0.5) is 10.1 Å². The summed E-state index contributed by atoms with van der Waals surface area (Å²) >= 11 is 0. The van der Waals surface area contributed by atoms with Crippen molar-refractivity contribution in [2.75, 3.05) is 5.73 Å². The van der Waals surface area contributed by atoms with Crippen LogP contribution in [0.25, 0.3) is 0 Å². The Morgan fingerprint density at radius 1 is 1.47 bits per heavy atom. The molecule has 3 N–H and O–H groups in total. The lowest BCUT2D eigenvalue weighted by molar-refractivity contribution is 0.0919. The van der Waals surface area contributed by atoms with Crippen molar-refractivity contribution in [1.82, 2.24) is 5.32 Å². The van der Waals surface area contributed by atoms with Gasteiger partial charge >= 0.3 is 0 Å². The average molecular weight is 264 g/mol. The minimum atomic E-state index is -0.539. The Hall–Kier alpha value is -1.58. The van der Waals surface area contributed by atoms with Crippen molar-refractivity contribution in [3.05, 3.63) is 29.6 Å². The minimum Gasteiger partial charge on any atom is -0.396 e. The first-order valence-corrected chi connectivity index (χ1v) is 6.96. The van der Waals surface area contributed by atoms with E-state index >= 15 is 0 Å². The second-order valence-electron chi connectivity index (χ2n) is 5.31. The van der Waals surface area contributed by atoms with E-state index < -0.39 is 5.82 Å². The van der Waals surface area contributed by atoms with Crippen LogP contribution < -0.4 is 11.1 Å². The Bertz CT molecular complexity index is 461. The Labute approximate surface area is 113 Å². The highest BCUT2D eigenvalue weighted by Crippen LogP contribution is 2.27. The standard InChI is InChI=1S/C15H21FN2O/c1-2-10-5-3-6-11(9-10)18-15(19)12-7-4-8-13(16)14(12)17/h4,7-8,10-11H,2-3,5-6,9,17H2,1H3,(H,18,19). The number of para-hydroxylation sites is 1. The lowest BCUT2D eigenvalue weighted by Gasteiger charge is -2.29. The fraction of sp³-hybridized carbons (Fsp3) is 0.533. The van der Waals surface area contributed by atoms with Gasteiger partial charge in [0.1, 0.15) is 5.82 Å². The van der Waals surface area contributed by atoms with E-state index in [-0.39, 0.29) is 23.2 Å². The number of carbonyl (C=O) groups excluding carboxylic acids is 1. The third-order valence-electron chi connectivity index (χ3n) is 3.99. The van der Waals surface area contributed by atoms with Crippen LogP contribution >= 0.6 is 0 Å². The van der Waals surface area contributed by atoms with Crippen molar-refractivity contribution >= 4 is 11.6 Å². The van der Waals surface area contributed by atoms with Crippen LogP contribution in [0, 0.1) is 11.7 Å². The summed E-state index contributed by atoms with van der Waals surface area (Å²) in [6, 6.07) is 4.53. The van der Waals surface area contributed by atoms with E-state index in [4.69, 9.17) is 5.73 Å². The molecular formula is C15H21FN2O. The highest BCUT2D eigenvalue weighted by atomic mass is 19.1. The van der Waals surface area contributed by atoms with Gasteiger partial charge in [-0.1, -0.05) is 32.3 Å². The van der Waals surface area contributed by atoms with Crippen LogP contribution in [0.3, 0.4) is 0 Å². The molecule has 0 saturated heterocycles. The maximum Gasteiger partial charge on any atom is 0.253 e. The number of hydrogen-bond donors (Lipinski definition) is 2. The van der Waals surface area contributed by atoms with E-state index in [1.165, 1.54) is 18.6 Å². The van der Waals surface area contributed by atoms with E-state index in [1.54, 1.807) is 6.07 Å². The number of hydrogen-bond acceptors (Lipinski definition) is 2. The van der Waals surface area contributed by atoms with Gasteiger partial charge in [0.05, 0.1) is 11.3 Å². The van der Waals surface area contributed by atoms with Crippen molar-refractivity contribution in [2.45, 2.75) is 45.1 Å². The Kier molecular flexibility index (Phi) is 4.40. The molecule has 2 unspecified atom stereocenters. The molecule has 1 fully saturated rings. The molecule has 1 aliphatic rings. The number of nitrogens with one attached hydrogen (secondary N) is 1. The minimum absolute atomic E-state index is 0.0668. The maximum absolute atomic E-state index is 13.3. The number of anilines is 1. The normalized spacial score (nSPS) is 23.1. The van der Waals surface area contributed by atoms with E-state index in [2.05, 4.69) is 12.2 Å². The summed E-state index contributed by atoms with van der Waals surface area (Å²) in [5.74, 6) is -0.120. The molecule has 0 spiro atoms. The molecule has 0 bridgehead atoms. The Morgan fingerprint density at radius 2 is 2.26 bits per heavy atom. The summed E-state index contributed by atoms with van der Waals surface area (Å²) in [4.78, 5) is 12.1. The predicted molar refractivity (Wildman–Crippen MR) is 74.3 cm³/mol. The molecule has 1 aromatic rings. The van der Waals surface area contributed by atoms with Gasteiger partial charge in [0, 0.05) is 6.04 Å².